The predicted octanol–water partition coefficient (Wildman–Crippen LogP) is 3.19. The Labute approximate surface area is 145 Å². The van der Waals surface area contributed by atoms with Crippen LogP contribution in [-0.4, -0.2) is 29.6 Å². The summed E-state index contributed by atoms with van der Waals surface area (Å²) < 4.78 is 4.85. The molecule has 0 spiro atoms. The van der Waals surface area contributed by atoms with Crippen LogP contribution in [0.15, 0.2) is 24.8 Å². The summed E-state index contributed by atoms with van der Waals surface area (Å²) in [5, 5.41) is 19.0. The highest BCUT2D eigenvalue weighted by molar-refractivity contribution is 5.86. The van der Waals surface area contributed by atoms with Gasteiger partial charge in [-0.1, -0.05) is 26.5 Å². The molecule has 0 saturated carbocycles. The highest BCUT2D eigenvalue weighted by Gasteiger charge is 2.26. The van der Waals surface area contributed by atoms with Gasteiger partial charge in [0, 0.05) is 12.0 Å². The van der Waals surface area contributed by atoms with Gasteiger partial charge in [-0.3, -0.25) is 4.79 Å². The van der Waals surface area contributed by atoms with Crippen LogP contribution >= 0.6 is 0 Å². The van der Waals surface area contributed by atoms with E-state index in [-0.39, 0.29) is 30.3 Å². The highest BCUT2D eigenvalue weighted by atomic mass is 16.5. The molecule has 3 atom stereocenters. The van der Waals surface area contributed by atoms with Gasteiger partial charge >= 0.3 is 5.97 Å². The van der Waals surface area contributed by atoms with E-state index < -0.39 is 18.0 Å². The molecule has 5 heteroatoms. The number of carbonyl (C=O) groups is 2. The Morgan fingerprint density at radius 1 is 1.38 bits per heavy atom. The van der Waals surface area contributed by atoms with Gasteiger partial charge < -0.3 is 9.84 Å². The predicted molar refractivity (Wildman–Crippen MR) is 92.9 cm³/mol. The van der Waals surface area contributed by atoms with Gasteiger partial charge in [-0.2, -0.15) is 5.26 Å². The molecule has 3 unspecified atom stereocenters. The number of hydrogen-bond acceptors (Lipinski definition) is 5. The number of aliphatic hydroxyl groups excluding tert-OH is 1. The molecule has 0 aromatic heterocycles. The first-order valence-corrected chi connectivity index (χ1v) is 8.28. The van der Waals surface area contributed by atoms with Crippen molar-refractivity contribution in [3.05, 3.63) is 24.8 Å². The number of carbonyl (C=O) groups excluding carboxylic acids is 2. The van der Waals surface area contributed by atoms with Crippen LogP contribution in [0.3, 0.4) is 0 Å². The van der Waals surface area contributed by atoms with Gasteiger partial charge in [-0.25, -0.2) is 4.79 Å². The molecule has 1 N–H and O–H groups in total. The number of nitrogens with zero attached hydrogens (tertiary/aromatic N) is 1. The van der Waals surface area contributed by atoms with Crippen molar-refractivity contribution < 1.29 is 19.4 Å². The van der Waals surface area contributed by atoms with Crippen molar-refractivity contribution in [2.24, 2.45) is 17.8 Å². The van der Waals surface area contributed by atoms with Crippen molar-refractivity contribution in [1.29, 1.82) is 5.26 Å². The van der Waals surface area contributed by atoms with Crippen LogP contribution in [0.25, 0.3) is 0 Å². The van der Waals surface area contributed by atoms with E-state index in [2.05, 4.69) is 19.2 Å². The van der Waals surface area contributed by atoms with Crippen molar-refractivity contribution >= 4 is 11.8 Å². The second-order valence-electron chi connectivity index (χ2n) is 6.53. The van der Waals surface area contributed by atoms with Crippen LogP contribution < -0.4 is 0 Å². The van der Waals surface area contributed by atoms with Crippen molar-refractivity contribution in [1.82, 2.24) is 0 Å². The quantitative estimate of drug-likeness (QED) is 0.336. The average molecular weight is 335 g/mol. The molecule has 0 bridgehead atoms. The molecular formula is C19H29NO4. The van der Waals surface area contributed by atoms with E-state index in [0.29, 0.717) is 18.8 Å². The second-order valence-corrected chi connectivity index (χ2v) is 6.53. The van der Waals surface area contributed by atoms with Crippen molar-refractivity contribution in [3.63, 3.8) is 0 Å². The first-order chi connectivity index (χ1) is 11.2. The number of Topliss-reactive ketones (excluding diaryl/α,β-unsaturated/α-hetero) is 1. The zero-order chi connectivity index (χ0) is 18.7. The maximum Gasteiger partial charge on any atom is 0.333 e. The van der Waals surface area contributed by atoms with Gasteiger partial charge in [0.05, 0.1) is 12.2 Å². The lowest BCUT2D eigenvalue weighted by Crippen LogP contribution is -2.23. The van der Waals surface area contributed by atoms with E-state index in [1.807, 2.05) is 13.8 Å². The molecule has 0 aliphatic carbocycles. The van der Waals surface area contributed by atoms with Crippen molar-refractivity contribution in [2.45, 2.75) is 52.6 Å². The largest absolute Gasteiger partial charge is 0.460 e. The molecular weight excluding hydrogens is 306 g/mol. The van der Waals surface area contributed by atoms with E-state index >= 15 is 0 Å². The zero-order valence-electron chi connectivity index (χ0n) is 15.0. The van der Waals surface area contributed by atoms with Gasteiger partial charge in [0.2, 0.25) is 0 Å². The number of hydrogen-bond donors (Lipinski definition) is 1. The fourth-order valence-electron chi connectivity index (χ4n) is 2.37. The normalized spacial score (nSPS) is 14.3. The number of ether oxygens (including phenoxy) is 1. The first-order valence-electron chi connectivity index (χ1n) is 8.28. The van der Waals surface area contributed by atoms with E-state index in [0.717, 1.165) is 6.42 Å². The maximum absolute atomic E-state index is 12.2. The molecule has 0 fully saturated rings. The lowest BCUT2D eigenvalue weighted by Gasteiger charge is -2.19. The lowest BCUT2D eigenvalue weighted by atomic mass is 9.82. The smallest absolute Gasteiger partial charge is 0.333 e. The number of ketones is 1. The summed E-state index contributed by atoms with van der Waals surface area (Å²) >= 11 is 0. The first kappa shape index (κ1) is 22.1. The minimum absolute atomic E-state index is 0.121. The number of aliphatic hydroxyl groups is 1. The molecule has 0 aliphatic rings. The van der Waals surface area contributed by atoms with E-state index in [1.165, 1.54) is 6.92 Å². The second kappa shape index (κ2) is 11.6. The van der Waals surface area contributed by atoms with Crippen molar-refractivity contribution in [2.75, 3.05) is 6.61 Å². The standard InChI is InChI=1S/C19H29NO4/c1-6-15(10-13(2)3)17(11-20)18(22)9-7-8-16(21)12-24-19(23)14(4)5/h6,13,15-17,21H,1,4,7-10,12H2,2-3,5H3. The van der Waals surface area contributed by atoms with E-state index in [1.54, 1.807) is 6.08 Å². The van der Waals surface area contributed by atoms with Crippen LogP contribution in [0.1, 0.15) is 46.5 Å². The Hall–Kier alpha value is -1.93. The van der Waals surface area contributed by atoms with Crippen molar-refractivity contribution in [3.8, 4) is 6.07 Å². The molecule has 5 nitrogen and oxygen atoms in total. The maximum atomic E-state index is 12.2. The molecule has 0 amide bonds. The lowest BCUT2D eigenvalue weighted by molar-refractivity contribution is -0.142. The van der Waals surface area contributed by atoms with Crippen LogP contribution in [-0.2, 0) is 14.3 Å². The summed E-state index contributed by atoms with van der Waals surface area (Å²) in [6.45, 7) is 12.7. The third-order valence-electron chi connectivity index (χ3n) is 3.68. The van der Waals surface area contributed by atoms with Gasteiger partial charge in [-0.15, -0.1) is 6.58 Å². The summed E-state index contributed by atoms with van der Waals surface area (Å²) in [4.78, 5) is 23.5. The Bertz CT molecular complexity index is 490. The molecule has 0 aliphatic heterocycles. The molecule has 0 heterocycles. The number of nitriles is 1. The third-order valence-corrected chi connectivity index (χ3v) is 3.68. The Balaban J connectivity index is 4.31. The number of esters is 1. The van der Waals surface area contributed by atoms with Gasteiger partial charge in [-0.05, 0) is 38.0 Å². The molecule has 0 aromatic carbocycles. The fraction of sp³-hybridized carbons (Fsp3) is 0.632. The van der Waals surface area contributed by atoms with Crippen LogP contribution in [0.4, 0.5) is 0 Å². The molecule has 0 aromatic rings. The molecule has 134 valence electrons. The molecule has 24 heavy (non-hydrogen) atoms. The summed E-state index contributed by atoms with van der Waals surface area (Å²) in [7, 11) is 0. The average Bonchev–Trinajstić information content (AvgIpc) is 2.51. The third kappa shape index (κ3) is 8.64. The number of rotatable bonds is 12. The summed E-state index contributed by atoms with van der Waals surface area (Å²) in [5.74, 6) is -1.14. The molecule has 0 rings (SSSR count). The Kier molecular flexibility index (Phi) is 10.7. The summed E-state index contributed by atoms with van der Waals surface area (Å²) in [6.07, 6.45) is 2.58. The van der Waals surface area contributed by atoms with Gasteiger partial charge in [0.1, 0.15) is 12.5 Å². The van der Waals surface area contributed by atoms with E-state index in [9.17, 15) is 20.0 Å². The van der Waals surface area contributed by atoms with Gasteiger partial charge in [0.25, 0.3) is 0 Å². The highest BCUT2D eigenvalue weighted by Crippen LogP contribution is 2.24. The monoisotopic (exact) mass is 335 g/mol. The SMILES string of the molecule is C=CC(CC(C)C)C(C#N)C(=O)CCCC(O)COC(=O)C(=C)C. The minimum Gasteiger partial charge on any atom is -0.460 e. The van der Waals surface area contributed by atoms with E-state index in [4.69, 9.17) is 4.74 Å². The van der Waals surface area contributed by atoms with Crippen LogP contribution in [0.2, 0.25) is 0 Å². The van der Waals surface area contributed by atoms with Gasteiger partial charge in [0.15, 0.2) is 5.78 Å². The topological polar surface area (TPSA) is 87.4 Å². The molecule has 0 radical (unpaired) electrons. The minimum atomic E-state index is -0.826. The zero-order valence-corrected chi connectivity index (χ0v) is 15.0. The fourth-order valence-corrected chi connectivity index (χ4v) is 2.37. The Morgan fingerprint density at radius 3 is 2.46 bits per heavy atom. The summed E-state index contributed by atoms with van der Waals surface area (Å²) in [5.41, 5.74) is 0.273. The summed E-state index contributed by atoms with van der Waals surface area (Å²) in [6, 6.07) is 2.09. The Morgan fingerprint density at radius 2 is 2.00 bits per heavy atom. The van der Waals surface area contributed by atoms with Crippen LogP contribution in [0.5, 0.6) is 0 Å². The van der Waals surface area contributed by atoms with Crippen LogP contribution in [0, 0.1) is 29.1 Å². The number of allylic oxidation sites excluding steroid dienone is 1. The molecule has 0 saturated heterocycles.